The number of carbonyl (C=O) groups is 1. The average Bonchev–Trinajstić information content (AvgIpc) is 2.49. The Kier molecular flexibility index (Phi) is 8.38. The molecule has 1 aromatic heterocycles. The van der Waals surface area contributed by atoms with Crippen LogP contribution in [0.4, 0.5) is 0 Å². The van der Waals surface area contributed by atoms with E-state index in [-0.39, 0.29) is 18.3 Å². The molecule has 3 N–H and O–H groups in total. The number of aromatic nitrogens is 1. The summed E-state index contributed by atoms with van der Waals surface area (Å²) in [7, 11) is 0. The third-order valence-corrected chi connectivity index (χ3v) is 4.01. The summed E-state index contributed by atoms with van der Waals surface area (Å²) in [4.78, 5) is 18.4. The lowest BCUT2D eigenvalue weighted by Crippen LogP contribution is -2.46. The summed E-state index contributed by atoms with van der Waals surface area (Å²) in [6.45, 7) is 5.13. The van der Waals surface area contributed by atoms with Gasteiger partial charge in [-0.3, -0.25) is 14.7 Å². The first-order chi connectivity index (χ1) is 10.2. The quantitative estimate of drug-likeness (QED) is 0.833. The number of rotatable bonds is 6. The topological polar surface area (TPSA) is 71.2 Å². The number of pyridine rings is 1. The molecule has 2 heterocycles. The van der Waals surface area contributed by atoms with Crippen LogP contribution in [0.15, 0.2) is 18.3 Å². The second-order valence-corrected chi connectivity index (χ2v) is 5.77. The van der Waals surface area contributed by atoms with E-state index >= 15 is 0 Å². The Morgan fingerprint density at radius 3 is 2.95 bits per heavy atom. The maximum absolute atomic E-state index is 11.6. The molecule has 1 fully saturated rings. The summed E-state index contributed by atoms with van der Waals surface area (Å²) < 4.78 is 0. The van der Waals surface area contributed by atoms with Crippen LogP contribution in [0.1, 0.15) is 36.9 Å². The first-order valence-electron chi connectivity index (χ1n) is 7.81. The molecule has 6 heteroatoms. The maximum Gasteiger partial charge on any atom is 0.221 e. The molecule has 124 valence electrons. The first-order valence-corrected chi connectivity index (χ1v) is 7.81. The number of nitrogens with two attached hydrogens (primary N) is 1. The summed E-state index contributed by atoms with van der Waals surface area (Å²) in [6, 6.07) is 4.61. The molecule has 1 aliphatic rings. The van der Waals surface area contributed by atoms with Gasteiger partial charge in [0.05, 0.1) is 0 Å². The molecule has 0 radical (unpaired) electrons. The minimum atomic E-state index is 0. The molecule has 1 unspecified atom stereocenters. The molecule has 0 aromatic carbocycles. The Balaban J connectivity index is 0.00000242. The minimum Gasteiger partial charge on any atom is -0.354 e. The number of piperidine rings is 1. The van der Waals surface area contributed by atoms with Gasteiger partial charge in [0, 0.05) is 44.0 Å². The monoisotopic (exact) mass is 326 g/mol. The van der Waals surface area contributed by atoms with E-state index in [0.29, 0.717) is 19.0 Å². The highest BCUT2D eigenvalue weighted by molar-refractivity contribution is 5.85. The number of aryl methyl sites for hydroxylation is 1. The van der Waals surface area contributed by atoms with Crippen molar-refractivity contribution in [2.75, 3.05) is 19.6 Å². The van der Waals surface area contributed by atoms with Crippen LogP contribution in [0.5, 0.6) is 0 Å². The maximum atomic E-state index is 11.6. The van der Waals surface area contributed by atoms with Crippen LogP contribution in [-0.4, -0.2) is 41.5 Å². The molecule has 0 aliphatic carbocycles. The van der Waals surface area contributed by atoms with Crippen molar-refractivity contribution in [1.29, 1.82) is 0 Å². The van der Waals surface area contributed by atoms with Crippen LogP contribution < -0.4 is 11.1 Å². The lowest BCUT2D eigenvalue weighted by atomic mass is 10.0. The van der Waals surface area contributed by atoms with E-state index in [1.807, 2.05) is 13.1 Å². The van der Waals surface area contributed by atoms with Crippen LogP contribution in [0, 0.1) is 6.92 Å². The summed E-state index contributed by atoms with van der Waals surface area (Å²) in [6.07, 6.45) is 5.97. The van der Waals surface area contributed by atoms with Gasteiger partial charge in [-0.2, -0.15) is 0 Å². The summed E-state index contributed by atoms with van der Waals surface area (Å²) >= 11 is 0. The fraction of sp³-hybridized carbons (Fsp3) is 0.625. The highest BCUT2D eigenvalue weighted by Crippen LogP contribution is 2.19. The van der Waals surface area contributed by atoms with E-state index in [2.05, 4.69) is 27.3 Å². The predicted molar refractivity (Wildman–Crippen MR) is 91.0 cm³/mol. The number of likely N-dealkylation sites (tertiary alicyclic amines) is 1. The highest BCUT2D eigenvalue weighted by atomic mass is 35.5. The van der Waals surface area contributed by atoms with Crippen molar-refractivity contribution >= 4 is 18.3 Å². The lowest BCUT2D eigenvalue weighted by molar-refractivity contribution is -0.121. The molecule has 1 aliphatic heterocycles. The van der Waals surface area contributed by atoms with Crippen LogP contribution >= 0.6 is 12.4 Å². The largest absolute Gasteiger partial charge is 0.354 e. The molecule has 22 heavy (non-hydrogen) atoms. The van der Waals surface area contributed by atoms with Crippen molar-refractivity contribution in [1.82, 2.24) is 15.2 Å². The molecule has 5 nitrogen and oxygen atoms in total. The number of halogens is 1. The van der Waals surface area contributed by atoms with Gasteiger partial charge < -0.3 is 11.1 Å². The Hall–Kier alpha value is -1.17. The summed E-state index contributed by atoms with van der Waals surface area (Å²) in [5, 5.41) is 3.00. The average molecular weight is 327 g/mol. The molecular weight excluding hydrogens is 300 g/mol. The van der Waals surface area contributed by atoms with Crippen LogP contribution in [0.2, 0.25) is 0 Å². The van der Waals surface area contributed by atoms with Crippen LogP contribution in [0.25, 0.3) is 0 Å². The standard InChI is InChI=1S/C16H26N4O.ClH/c1-13-5-6-14(10-18-13)12-20-9-3-2-4-15(20)11-19-16(21)7-8-17;/h5-6,10,15H,2-4,7-9,11-12,17H2,1H3,(H,19,21);1H. The molecule has 1 saturated heterocycles. The van der Waals surface area contributed by atoms with Crippen molar-refractivity contribution < 1.29 is 4.79 Å². The van der Waals surface area contributed by atoms with Gasteiger partial charge >= 0.3 is 0 Å². The van der Waals surface area contributed by atoms with Gasteiger partial charge in [-0.15, -0.1) is 12.4 Å². The van der Waals surface area contributed by atoms with E-state index in [4.69, 9.17) is 5.73 Å². The Bertz CT molecular complexity index is 452. The fourth-order valence-electron chi connectivity index (χ4n) is 2.78. The van der Waals surface area contributed by atoms with Gasteiger partial charge in [0.25, 0.3) is 0 Å². The molecule has 2 rings (SSSR count). The van der Waals surface area contributed by atoms with E-state index in [1.165, 1.54) is 18.4 Å². The van der Waals surface area contributed by atoms with E-state index in [0.717, 1.165) is 31.7 Å². The number of carbonyl (C=O) groups excluding carboxylic acids is 1. The van der Waals surface area contributed by atoms with Crippen LogP contribution in [-0.2, 0) is 11.3 Å². The zero-order valence-corrected chi connectivity index (χ0v) is 14.1. The van der Waals surface area contributed by atoms with E-state index < -0.39 is 0 Å². The number of amides is 1. The van der Waals surface area contributed by atoms with Gasteiger partial charge in [0.1, 0.15) is 0 Å². The molecule has 1 atom stereocenters. The molecular formula is C16H27ClN4O. The molecule has 0 spiro atoms. The van der Waals surface area contributed by atoms with Gasteiger partial charge in [-0.1, -0.05) is 12.5 Å². The van der Waals surface area contributed by atoms with Gasteiger partial charge in [0.15, 0.2) is 0 Å². The van der Waals surface area contributed by atoms with Crippen LogP contribution in [0.3, 0.4) is 0 Å². The third-order valence-electron chi connectivity index (χ3n) is 4.01. The van der Waals surface area contributed by atoms with Gasteiger partial charge in [-0.25, -0.2) is 0 Å². The molecule has 1 aromatic rings. The van der Waals surface area contributed by atoms with E-state index in [1.54, 1.807) is 0 Å². The SMILES string of the molecule is Cc1ccc(CN2CCCCC2CNC(=O)CCN)cn1.Cl. The van der Waals surface area contributed by atoms with Crippen molar-refractivity contribution in [3.05, 3.63) is 29.6 Å². The van der Waals surface area contributed by atoms with Gasteiger partial charge in [-0.05, 0) is 37.9 Å². The first kappa shape index (κ1) is 18.9. The smallest absolute Gasteiger partial charge is 0.221 e. The molecule has 1 amide bonds. The number of nitrogens with zero attached hydrogens (tertiary/aromatic N) is 2. The minimum absolute atomic E-state index is 0. The third kappa shape index (κ3) is 5.91. The van der Waals surface area contributed by atoms with Crippen molar-refractivity contribution in [2.45, 2.75) is 45.2 Å². The van der Waals surface area contributed by atoms with Crippen molar-refractivity contribution in [3.63, 3.8) is 0 Å². The number of hydrogen-bond acceptors (Lipinski definition) is 4. The number of hydrogen-bond donors (Lipinski definition) is 2. The zero-order chi connectivity index (χ0) is 15.1. The number of nitrogens with one attached hydrogen (secondary N) is 1. The Morgan fingerprint density at radius 1 is 1.45 bits per heavy atom. The second kappa shape index (κ2) is 9.77. The van der Waals surface area contributed by atoms with E-state index in [9.17, 15) is 4.79 Å². The Morgan fingerprint density at radius 2 is 2.27 bits per heavy atom. The zero-order valence-electron chi connectivity index (χ0n) is 13.3. The second-order valence-electron chi connectivity index (χ2n) is 5.77. The normalized spacial score (nSPS) is 18.5. The Labute approximate surface area is 139 Å². The summed E-state index contributed by atoms with van der Waals surface area (Å²) in [5.41, 5.74) is 7.68. The fourth-order valence-corrected chi connectivity index (χ4v) is 2.78. The van der Waals surface area contributed by atoms with Crippen molar-refractivity contribution in [3.8, 4) is 0 Å². The molecule has 0 saturated carbocycles. The van der Waals surface area contributed by atoms with Gasteiger partial charge in [0.2, 0.25) is 5.91 Å². The predicted octanol–water partition coefficient (Wildman–Crippen LogP) is 1.63. The van der Waals surface area contributed by atoms with Crippen molar-refractivity contribution in [2.24, 2.45) is 5.73 Å². The lowest BCUT2D eigenvalue weighted by Gasteiger charge is -2.35. The summed E-state index contributed by atoms with van der Waals surface area (Å²) in [5.74, 6) is 0.0556. The molecule has 0 bridgehead atoms. The highest BCUT2D eigenvalue weighted by Gasteiger charge is 2.22.